The lowest BCUT2D eigenvalue weighted by Gasteiger charge is -2.19. The molecule has 0 aliphatic carbocycles. The summed E-state index contributed by atoms with van der Waals surface area (Å²) >= 11 is 0. The molecule has 1 aliphatic rings. The van der Waals surface area contributed by atoms with E-state index < -0.39 is 10.0 Å². The highest BCUT2D eigenvalue weighted by atomic mass is 35.5. The van der Waals surface area contributed by atoms with Crippen LogP contribution in [0.25, 0.3) is 0 Å². The summed E-state index contributed by atoms with van der Waals surface area (Å²) < 4.78 is 30.1. The number of sulfonamides is 1. The molecule has 0 bridgehead atoms. The van der Waals surface area contributed by atoms with Gasteiger partial charge in [-0.2, -0.15) is 0 Å². The number of hydrogen-bond acceptors (Lipinski definition) is 4. The number of rotatable bonds is 4. The fraction of sp³-hybridized carbons (Fsp3) is 0.636. The third-order valence-electron chi connectivity index (χ3n) is 3.29. The third-order valence-corrected chi connectivity index (χ3v) is 5.25. The van der Waals surface area contributed by atoms with Crippen LogP contribution >= 0.6 is 12.4 Å². The summed E-state index contributed by atoms with van der Waals surface area (Å²) in [6.07, 6.45) is 3.33. The number of furan rings is 1. The quantitative estimate of drug-likeness (QED) is 0.896. The molecule has 1 aromatic heterocycles. The van der Waals surface area contributed by atoms with Gasteiger partial charge in [-0.1, -0.05) is 0 Å². The molecule has 2 atom stereocenters. The zero-order chi connectivity index (χ0) is 12.5. The standard InChI is InChI=1S/C11H18N2O3S.ClH/c1-13(2)17(14,15)8-10-5-12-6-11(10)9-3-4-16-7-9;/h3-4,7,10-12H,5-6,8H2,1-2H3;1H. The normalized spacial score (nSPS) is 24.2. The van der Waals surface area contributed by atoms with E-state index in [0.717, 1.165) is 18.7 Å². The Balaban J connectivity index is 0.00000162. The molecule has 2 rings (SSSR count). The molecule has 104 valence electrons. The van der Waals surface area contributed by atoms with Crippen molar-refractivity contribution in [3.8, 4) is 0 Å². The van der Waals surface area contributed by atoms with Gasteiger partial charge >= 0.3 is 0 Å². The Morgan fingerprint density at radius 3 is 2.72 bits per heavy atom. The Labute approximate surface area is 114 Å². The van der Waals surface area contributed by atoms with Crippen LogP contribution in [0.5, 0.6) is 0 Å². The van der Waals surface area contributed by atoms with Gasteiger partial charge in [-0.25, -0.2) is 12.7 Å². The van der Waals surface area contributed by atoms with Gasteiger partial charge in [0.25, 0.3) is 0 Å². The van der Waals surface area contributed by atoms with Crippen LogP contribution in [0.1, 0.15) is 11.5 Å². The zero-order valence-electron chi connectivity index (χ0n) is 10.5. The maximum Gasteiger partial charge on any atom is 0.213 e. The molecule has 2 unspecified atom stereocenters. The van der Waals surface area contributed by atoms with Crippen molar-refractivity contribution in [3.63, 3.8) is 0 Å². The second kappa shape index (κ2) is 6.06. The van der Waals surface area contributed by atoms with E-state index in [9.17, 15) is 8.42 Å². The average molecular weight is 295 g/mol. The molecule has 1 aromatic rings. The van der Waals surface area contributed by atoms with Crippen LogP contribution in [0.15, 0.2) is 23.0 Å². The van der Waals surface area contributed by atoms with Crippen molar-refractivity contribution in [2.45, 2.75) is 5.92 Å². The van der Waals surface area contributed by atoms with E-state index in [-0.39, 0.29) is 30.0 Å². The molecule has 0 spiro atoms. The first-order valence-corrected chi connectivity index (χ1v) is 7.24. The summed E-state index contributed by atoms with van der Waals surface area (Å²) in [7, 11) is 0.00507. The smallest absolute Gasteiger partial charge is 0.213 e. The van der Waals surface area contributed by atoms with E-state index >= 15 is 0 Å². The largest absolute Gasteiger partial charge is 0.472 e. The van der Waals surface area contributed by atoms with Gasteiger partial charge in [0.1, 0.15) is 0 Å². The highest BCUT2D eigenvalue weighted by Gasteiger charge is 2.33. The van der Waals surface area contributed by atoms with Gasteiger partial charge in [0, 0.05) is 26.6 Å². The van der Waals surface area contributed by atoms with Crippen molar-refractivity contribution in [3.05, 3.63) is 24.2 Å². The van der Waals surface area contributed by atoms with Gasteiger partial charge in [-0.05, 0) is 24.1 Å². The van der Waals surface area contributed by atoms with E-state index in [1.807, 2.05) is 6.07 Å². The van der Waals surface area contributed by atoms with E-state index in [2.05, 4.69) is 5.32 Å². The van der Waals surface area contributed by atoms with Crippen molar-refractivity contribution in [1.29, 1.82) is 0 Å². The van der Waals surface area contributed by atoms with Crippen molar-refractivity contribution in [2.75, 3.05) is 32.9 Å². The second-order valence-electron chi connectivity index (χ2n) is 4.64. The number of hydrogen-bond donors (Lipinski definition) is 1. The summed E-state index contributed by atoms with van der Waals surface area (Å²) in [6, 6.07) is 1.91. The number of nitrogens with zero attached hydrogens (tertiary/aromatic N) is 1. The molecule has 2 heterocycles. The lowest BCUT2D eigenvalue weighted by Crippen LogP contribution is -2.31. The fourth-order valence-corrected chi connectivity index (χ4v) is 3.39. The average Bonchev–Trinajstić information content (AvgIpc) is 2.85. The predicted octanol–water partition coefficient (Wildman–Crippen LogP) is 0.896. The van der Waals surface area contributed by atoms with Crippen LogP contribution in [0.3, 0.4) is 0 Å². The molecule has 1 aliphatic heterocycles. The van der Waals surface area contributed by atoms with Crippen molar-refractivity contribution >= 4 is 22.4 Å². The minimum atomic E-state index is -3.14. The molecular formula is C11H19ClN2O3S. The van der Waals surface area contributed by atoms with Crippen LogP contribution < -0.4 is 5.32 Å². The molecule has 0 saturated carbocycles. The van der Waals surface area contributed by atoms with E-state index in [1.165, 1.54) is 4.31 Å². The van der Waals surface area contributed by atoms with Crippen LogP contribution in [0.2, 0.25) is 0 Å². The first-order chi connectivity index (χ1) is 8.00. The topological polar surface area (TPSA) is 62.6 Å². The summed E-state index contributed by atoms with van der Waals surface area (Å²) in [6.45, 7) is 1.55. The van der Waals surface area contributed by atoms with Gasteiger partial charge in [0.05, 0.1) is 18.3 Å². The molecule has 0 amide bonds. The Morgan fingerprint density at radius 2 is 2.17 bits per heavy atom. The number of nitrogens with one attached hydrogen (secondary N) is 1. The molecule has 0 aromatic carbocycles. The van der Waals surface area contributed by atoms with Crippen LogP contribution in [0, 0.1) is 5.92 Å². The highest BCUT2D eigenvalue weighted by molar-refractivity contribution is 7.89. The van der Waals surface area contributed by atoms with Crippen molar-refractivity contribution in [2.24, 2.45) is 5.92 Å². The minimum Gasteiger partial charge on any atom is -0.472 e. The van der Waals surface area contributed by atoms with Crippen LogP contribution in [0.4, 0.5) is 0 Å². The first kappa shape index (κ1) is 15.5. The van der Waals surface area contributed by atoms with Crippen molar-refractivity contribution < 1.29 is 12.8 Å². The van der Waals surface area contributed by atoms with Crippen LogP contribution in [-0.4, -0.2) is 45.7 Å². The summed E-state index contributed by atoms with van der Waals surface area (Å²) in [4.78, 5) is 0. The van der Waals surface area contributed by atoms with Gasteiger partial charge in [0.2, 0.25) is 10.0 Å². The molecular weight excluding hydrogens is 276 g/mol. The molecule has 1 saturated heterocycles. The first-order valence-electron chi connectivity index (χ1n) is 5.63. The van der Waals surface area contributed by atoms with Gasteiger partial charge < -0.3 is 9.73 Å². The fourth-order valence-electron chi connectivity index (χ4n) is 2.20. The monoisotopic (exact) mass is 294 g/mol. The highest BCUT2D eigenvalue weighted by Crippen LogP contribution is 2.29. The molecule has 18 heavy (non-hydrogen) atoms. The molecule has 1 N–H and O–H groups in total. The maximum atomic E-state index is 11.9. The van der Waals surface area contributed by atoms with E-state index in [4.69, 9.17) is 4.42 Å². The molecule has 1 fully saturated rings. The Morgan fingerprint density at radius 1 is 1.44 bits per heavy atom. The zero-order valence-corrected chi connectivity index (χ0v) is 12.1. The van der Waals surface area contributed by atoms with Gasteiger partial charge in [-0.3, -0.25) is 0 Å². The Hall–Kier alpha value is -0.560. The second-order valence-corrected chi connectivity index (χ2v) is 6.87. The Kier molecular flexibility index (Phi) is 5.21. The summed E-state index contributed by atoms with van der Waals surface area (Å²) in [5.74, 6) is 0.520. The van der Waals surface area contributed by atoms with E-state index in [1.54, 1.807) is 26.6 Å². The summed E-state index contributed by atoms with van der Waals surface area (Å²) in [5, 5.41) is 3.25. The SMILES string of the molecule is CN(C)S(=O)(=O)CC1CNCC1c1ccoc1.Cl. The van der Waals surface area contributed by atoms with Gasteiger partial charge in [0.15, 0.2) is 0 Å². The maximum absolute atomic E-state index is 11.9. The van der Waals surface area contributed by atoms with Crippen molar-refractivity contribution in [1.82, 2.24) is 9.62 Å². The number of halogens is 1. The molecule has 0 radical (unpaired) electrons. The minimum absolute atomic E-state index is 0. The molecule has 7 heteroatoms. The summed E-state index contributed by atoms with van der Waals surface area (Å²) in [5.41, 5.74) is 1.08. The lowest BCUT2D eigenvalue weighted by atomic mass is 9.92. The third kappa shape index (κ3) is 3.26. The predicted molar refractivity (Wildman–Crippen MR) is 72.5 cm³/mol. The van der Waals surface area contributed by atoms with E-state index in [0.29, 0.717) is 0 Å². The molecule has 5 nitrogen and oxygen atoms in total. The van der Waals surface area contributed by atoms with Crippen LogP contribution in [-0.2, 0) is 10.0 Å². The van der Waals surface area contributed by atoms with Gasteiger partial charge in [-0.15, -0.1) is 12.4 Å². The Bertz CT molecular complexity index is 459. The lowest BCUT2D eigenvalue weighted by molar-refractivity contribution is 0.489.